The number of hydrogen-bond acceptors (Lipinski definition) is 5. The Hall–Kier alpha value is -2.84. The first kappa shape index (κ1) is 22.8. The van der Waals surface area contributed by atoms with Gasteiger partial charge in [0.15, 0.2) is 0 Å². The third kappa shape index (κ3) is 7.11. The summed E-state index contributed by atoms with van der Waals surface area (Å²) >= 11 is 5.81. The summed E-state index contributed by atoms with van der Waals surface area (Å²) in [5, 5.41) is 5.72. The molecule has 0 spiro atoms. The quantitative estimate of drug-likeness (QED) is 0.680. The molecule has 8 nitrogen and oxygen atoms in total. The van der Waals surface area contributed by atoms with Gasteiger partial charge >= 0.3 is 12.1 Å². The molecule has 1 atom stereocenters. The zero-order chi connectivity index (χ0) is 22.4. The third-order valence-corrected chi connectivity index (χ3v) is 4.69. The summed E-state index contributed by atoms with van der Waals surface area (Å²) in [6.07, 6.45) is -0.553. The van der Waals surface area contributed by atoms with Gasteiger partial charge in [0.2, 0.25) is 0 Å². The predicted molar refractivity (Wildman–Crippen MR) is 118 cm³/mol. The minimum Gasteiger partial charge on any atom is -0.444 e. The van der Waals surface area contributed by atoms with Gasteiger partial charge in [0.1, 0.15) is 22.7 Å². The smallest absolute Gasteiger partial charge is 0.410 e. The van der Waals surface area contributed by atoms with Crippen molar-refractivity contribution in [2.45, 2.75) is 39.0 Å². The number of halogens is 1. The second-order valence-electron chi connectivity index (χ2n) is 8.18. The van der Waals surface area contributed by atoms with Crippen molar-refractivity contribution in [1.29, 1.82) is 0 Å². The van der Waals surface area contributed by atoms with Crippen LogP contribution in [0.4, 0.5) is 15.4 Å². The number of carbonyl (C=O) groups is 2. The summed E-state index contributed by atoms with van der Waals surface area (Å²) < 4.78 is 11.3. The van der Waals surface area contributed by atoms with Crippen molar-refractivity contribution in [3.63, 3.8) is 0 Å². The van der Waals surface area contributed by atoms with Gasteiger partial charge in [0, 0.05) is 13.1 Å². The monoisotopic (exact) mass is 446 g/mol. The number of urea groups is 1. The Balaban J connectivity index is 1.51. The number of pyridine rings is 1. The SMILES string of the molecule is CC(C)(C)OC(=O)N1CCO[C@H](c2ccc(CNC(=O)Nc3cccc(Cl)n3)cc2)C1. The second-order valence-corrected chi connectivity index (χ2v) is 8.57. The van der Waals surface area contributed by atoms with E-state index in [4.69, 9.17) is 21.1 Å². The standard InChI is InChI=1S/C22H27ClN4O4/c1-22(2,3)31-21(29)27-11-12-30-17(14-27)16-9-7-15(8-10-16)13-24-20(28)26-19-6-4-5-18(23)25-19/h4-10,17H,11-14H2,1-3H3,(H2,24,25,26,28)/t17-/m0/s1. The van der Waals surface area contributed by atoms with E-state index in [0.29, 0.717) is 37.2 Å². The Kier molecular flexibility index (Phi) is 7.35. The zero-order valence-electron chi connectivity index (χ0n) is 17.9. The maximum Gasteiger partial charge on any atom is 0.410 e. The molecule has 1 aromatic heterocycles. The molecular weight excluding hydrogens is 420 g/mol. The molecule has 1 fully saturated rings. The molecule has 9 heteroatoms. The number of benzene rings is 1. The average Bonchev–Trinajstić information content (AvgIpc) is 2.71. The molecule has 0 aliphatic carbocycles. The first-order valence-electron chi connectivity index (χ1n) is 10.1. The highest BCUT2D eigenvalue weighted by Gasteiger charge is 2.28. The Morgan fingerprint density at radius 1 is 1.23 bits per heavy atom. The number of ether oxygens (including phenoxy) is 2. The number of morpholine rings is 1. The number of anilines is 1. The number of nitrogens with one attached hydrogen (secondary N) is 2. The fourth-order valence-corrected chi connectivity index (χ4v) is 3.18. The lowest BCUT2D eigenvalue weighted by Crippen LogP contribution is -2.44. The summed E-state index contributed by atoms with van der Waals surface area (Å²) in [6.45, 7) is 7.28. The first-order chi connectivity index (χ1) is 14.7. The Bertz CT molecular complexity index is 914. The van der Waals surface area contributed by atoms with Crippen LogP contribution < -0.4 is 10.6 Å². The molecule has 2 aromatic rings. The van der Waals surface area contributed by atoms with Crippen LogP contribution in [0.5, 0.6) is 0 Å². The molecule has 0 unspecified atom stereocenters. The Morgan fingerprint density at radius 3 is 2.65 bits per heavy atom. The zero-order valence-corrected chi connectivity index (χ0v) is 18.6. The van der Waals surface area contributed by atoms with Crippen LogP contribution in [0, 0.1) is 0 Å². The lowest BCUT2D eigenvalue weighted by molar-refractivity contribution is -0.0432. The number of rotatable bonds is 4. The van der Waals surface area contributed by atoms with Gasteiger partial charge < -0.3 is 19.7 Å². The number of aromatic nitrogens is 1. The van der Waals surface area contributed by atoms with E-state index in [1.165, 1.54) is 0 Å². The van der Waals surface area contributed by atoms with Crippen LogP contribution in [0.15, 0.2) is 42.5 Å². The number of nitrogens with zero attached hydrogens (tertiary/aromatic N) is 2. The van der Waals surface area contributed by atoms with Crippen molar-refractivity contribution < 1.29 is 19.1 Å². The van der Waals surface area contributed by atoms with Gasteiger partial charge in [0.25, 0.3) is 0 Å². The molecule has 1 aliphatic heterocycles. The van der Waals surface area contributed by atoms with Crippen molar-refractivity contribution in [1.82, 2.24) is 15.2 Å². The molecule has 1 saturated heterocycles. The number of carbonyl (C=O) groups excluding carboxylic acids is 2. The molecule has 2 heterocycles. The molecule has 2 N–H and O–H groups in total. The largest absolute Gasteiger partial charge is 0.444 e. The minimum absolute atomic E-state index is 0.222. The summed E-state index contributed by atoms with van der Waals surface area (Å²) in [7, 11) is 0. The molecule has 31 heavy (non-hydrogen) atoms. The van der Waals surface area contributed by atoms with Crippen LogP contribution in [-0.2, 0) is 16.0 Å². The summed E-state index contributed by atoms with van der Waals surface area (Å²) in [6, 6.07) is 12.3. The van der Waals surface area contributed by atoms with Crippen LogP contribution >= 0.6 is 11.6 Å². The molecule has 1 aliphatic rings. The van der Waals surface area contributed by atoms with Crippen molar-refractivity contribution in [2.24, 2.45) is 0 Å². The van der Waals surface area contributed by atoms with E-state index in [1.807, 2.05) is 45.0 Å². The van der Waals surface area contributed by atoms with Gasteiger partial charge in [-0.1, -0.05) is 41.9 Å². The average molecular weight is 447 g/mol. The third-order valence-electron chi connectivity index (χ3n) is 4.48. The molecule has 166 valence electrons. The fourth-order valence-electron chi connectivity index (χ4n) is 3.01. The molecule has 3 amide bonds. The van der Waals surface area contributed by atoms with E-state index in [2.05, 4.69) is 15.6 Å². The van der Waals surface area contributed by atoms with Crippen molar-refractivity contribution in [2.75, 3.05) is 25.0 Å². The highest BCUT2D eigenvalue weighted by molar-refractivity contribution is 6.29. The maximum atomic E-state index is 12.3. The van der Waals surface area contributed by atoms with Crippen LogP contribution in [0.1, 0.15) is 38.0 Å². The maximum absolute atomic E-state index is 12.3. The number of hydrogen-bond donors (Lipinski definition) is 2. The molecule has 3 rings (SSSR count). The topological polar surface area (TPSA) is 92.8 Å². The second kappa shape index (κ2) is 9.98. The molecule has 0 saturated carbocycles. The van der Waals surface area contributed by atoms with E-state index in [1.54, 1.807) is 23.1 Å². The van der Waals surface area contributed by atoms with Gasteiger partial charge in [-0.15, -0.1) is 0 Å². The highest BCUT2D eigenvalue weighted by Crippen LogP contribution is 2.24. The summed E-state index contributed by atoms with van der Waals surface area (Å²) in [5.74, 6) is 0.379. The summed E-state index contributed by atoms with van der Waals surface area (Å²) in [4.78, 5) is 30.1. The lowest BCUT2D eigenvalue weighted by Gasteiger charge is -2.34. The van der Waals surface area contributed by atoms with Crippen molar-refractivity contribution in [3.8, 4) is 0 Å². The van der Waals surface area contributed by atoms with Gasteiger partial charge in [-0.05, 0) is 44.0 Å². The van der Waals surface area contributed by atoms with E-state index < -0.39 is 5.60 Å². The van der Waals surface area contributed by atoms with E-state index in [-0.39, 0.29) is 18.2 Å². The van der Waals surface area contributed by atoms with E-state index >= 15 is 0 Å². The molecule has 1 aromatic carbocycles. The van der Waals surface area contributed by atoms with Crippen LogP contribution in [0.2, 0.25) is 5.15 Å². The van der Waals surface area contributed by atoms with E-state index in [0.717, 1.165) is 11.1 Å². The predicted octanol–water partition coefficient (Wildman–Crippen LogP) is 4.37. The van der Waals surface area contributed by atoms with Gasteiger partial charge in [-0.25, -0.2) is 14.6 Å². The fraction of sp³-hybridized carbons (Fsp3) is 0.409. The summed E-state index contributed by atoms with van der Waals surface area (Å²) in [5.41, 5.74) is 1.36. The lowest BCUT2D eigenvalue weighted by atomic mass is 10.1. The Morgan fingerprint density at radius 2 is 1.97 bits per heavy atom. The van der Waals surface area contributed by atoms with Crippen LogP contribution in [-0.4, -0.2) is 47.3 Å². The molecule has 0 bridgehead atoms. The van der Waals surface area contributed by atoms with Gasteiger partial charge in [-0.3, -0.25) is 5.32 Å². The van der Waals surface area contributed by atoms with Crippen LogP contribution in [0.25, 0.3) is 0 Å². The Labute approximate surface area is 186 Å². The van der Waals surface area contributed by atoms with Crippen molar-refractivity contribution >= 4 is 29.5 Å². The first-order valence-corrected chi connectivity index (χ1v) is 10.4. The van der Waals surface area contributed by atoms with E-state index in [9.17, 15) is 9.59 Å². The van der Waals surface area contributed by atoms with Gasteiger partial charge in [0.05, 0.1) is 13.2 Å². The van der Waals surface area contributed by atoms with Crippen LogP contribution in [0.3, 0.4) is 0 Å². The minimum atomic E-state index is -0.533. The molecule has 0 radical (unpaired) electrons. The number of amides is 3. The molecular formula is C22H27ClN4O4. The van der Waals surface area contributed by atoms with Gasteiger partial charge in [-0.2, -0.15) is 0 Å². The van der Waals surface area contributed by atoms with Crippen molar-refractivity contribution in [3.05, 3.63) is 58.7 Å². The highest BCUT2D eigenvalue weighted by atomic mass is 35.5. The normalized spacial score (nSPS) is 16.5.